The first-order valence-corrected chi connectivity index (χ1v) is 7.76. The molecule has 0 amide bonds. The number of hydrogen-bond acceptors (Lipinski definition) is 2. The van der Waals surface area contributed by atoms with Gasteiger partial charge in [-0.15, -0.1) is 0 Å². The fraction of sp³-hybridized carbons (Fsp3) is 0.625. The van der Waals surface area contributed by atoms with Crippen molar-refractivity contribution in [3.05, 3.63) is 28.8 Å². The van der Waals surface area contributed by atoms with Gasteiger partial charge >= 0.3 is 0 Å². The van der Waals surface area contributed by atoms with Crippen LogP contribution in [0.5, 0.6) is 0 Å². The van der Waals surface area contributed by atoms with Gasteiger partial charge in [0.05, 0.1) is 6.61 Å². The van der Waals surface area contributed by atoms with E-state index in [1.807, 2.05) is 18.2 Å². The number of aliphatic hydroxyl groups excluding tert-OH is 1. The topological polar surface area (TPSA) is 23.5 Å². The first kappa shape index (κ1) is 14.7. The fourth-order valence-corrected chi connectivity index (χ4v) is 3.23. The van der Waals surface area contributed by atoms with E-state index in [0.29, 0.717) is 0 Å². The predicted molar refractivity (Wildman–Crippen MR) is 81.8 cm³/mol. The van der Waals surface area contributed by atoms with Crippen molar-refractivity contribution < 1.29 is 5.11 Å². The van der Waals surface area contributed by atoms with Gasteiger partial charge in [0, 0.05) is 29.4 Å². The Kier molecular flexibility index (Phi) is 5.53. The second-order valence-corrected chi connectivity index (χ2v) is 5.94. The molecule has 0 saturated carbocycles. The van der Waals surface area contributed by atoms with Crippen LogP contribution in [0.1, 0.15) is 44.6 Å². The van der Waals surface area contributed by atoms with E-state index in [1.165, 1.54) is 32.1 Å². The van der Waals surface area contributed by atoms with Crippen LogP contribution in [0.15, 0.2) is 18.2 Å². The molecule has 3 heteroatoms. The number of hydrogen-bond donors (Lipinski definition) is 1. The Morgan fingerprint density at radius 2 is 2.16 bits per heavy atom. The summed E-state index contributed by atoms with van der Waals surface area (Å²) >= 11 is 6.10. The van der Waals surface area contributed by atoms with Gasteiger partial charge in [0.1, 0.15) is 0 Å². The van der Waals surface area contributed by atoms with E-state index in [0.717, 1.165) is 35.3 Å². The maximum Gasteiger partial charge on any atom is 0.0702 e. The molecule has 1 N–H and O–H groups in total. The van der Waals surface area contributed by atoms with Gasteiger partial charge in [0.25, 0.3) is 0 Å². The van der Waals surface area contributed by atoms with Crippen molar-refractivity contribution in [3.8, 4) is 0 Å². The SMILES string of the molecule is CCCC1CCCN(c2cc(Cl)ccc2CO)CC1. The first-order valence-electron chi connectivity index (χ1n) is 7.38. The van der Waals surface area contributed by atoms with E-state index in [1.54, 1.807) is 0 Å². The summed E-state index contributed by atoms with van der Waals surface area (Å²) in [5, 5.41) is 10.2. The van der Waals surface area contributed by atoms with Crippen LogP contribution in [0.25, 0.3) is 0 Å². The molecule has 1 aromatic carbocycles. The van der Waals surface area contributed by atoms with E-state index >= 15 is 0 Å². The van der Waals surface area contributed by atoms with Gasteiger partial charge in [-0.2, -0.15) is 0 Å². The number of halogens is 1. The van der Waals surface area contributed by atoms with E-state index < -0.39 is 0 Å². The molecule has 19 heavy (non-hydrogen) atoms. The molecule has 0 aliphatic carbocycles. The molecule has 1 unspecified atom stereocenters. The zero-order chi connectivity index (χ0) is 13.7. The van der Waals surface area contributed by atoms with Crippen LogP contribution in [0.4, 0.5) is 5.69 Å². The van der Waals surface area contributed by atoms with Crippen LogP contribution in [0.3, 0.4) is 0 Å². The summed E-state index contributed by atoms with van der Waals surface area (Å²) in [6.45, 7) is 4.51. The van der Waals surface area contributed by atoms with Gasteiger partial charge in [0.2, 0.25) is 0 Å². The Bertz CT molecular complexity index is 408. The largest absolute Gasteiger partial charge is 0.392 e. The van der Waals surface area contributed by atoms with Crippen molar-refractivity contribution in [2.45, 2.75) is 45.6 Å². The normalized spacial score (nSPS) is 20.4. The monoisotopic (exact) mass is 281 g/mol. The quantitative estimate of drug-likeness (QED) is 0.892. The van der Waals surface area contributed by atoms with Gasteiger partial charge in [-0.3, -0.25) is 0 Å². The summed E-state index contributed by atoms with van der Waals surface area (Å²) in [4.78, 5) is 2.40. The number of aliphatic hydroxyl groups is 1. The van der Waals surface area contributed by atoms with Crippen molar-refractivity contribution in [2.75, 3.05) is 18.0 Å². The molecule has 1 atom stereocenters. The molecule has 2 nitrogen and oxygen atoms in total. The third-order valence-electron chi connectivity index (χ3n) is 4.10. The number of nitrogens with zero attached hydrogens (tertiary/aromatic N) is 1. The Hall–Kier alpha value is -0.730. The molecule has 0 aromatic heterocycles. The summed E-state index contributed by atoms with van der Waals surface area (Å²) in [5.74, 6) is 0.867. The lowest BCUT2D eigenvalue weighted by Crippen LogP contribution is -2.25. The predicted octanol–water partition coefficient (Wildman–Crippen LogP) is 4.24. The summed E-state index contributed by atoms with van der Waals surface area (Å²) in [6, 6.07) is 5.79. The van der Waals surface area contributed by atoms with Crippen molar-refractivity contribution in [1.29, 1.82) is 0 Å². The smallest absolute Gasteiger partial charge is 0.0702 e. The highest BCUT2D eigenvalue weighted by molar-refractivity contribution is 6.30. The molecule has 1 aliphatic heterocycles. The van der Waals surface area contributed by atoms with Gasteiger partial charge in [-0.25, -0.2) is 0 Å². The van der Waals surface area contributed by atoms with Crippen LogP contribution in [0.2, 0.25) is 5.02 Å². The Balaban J connectivity index is 2.11. The molecule has 1 aromatic rings. The Morgan fingerprint density at radius 1 is 1.32 bits per heavy atom. The molecule has 2 rings (SSSR count). The molecule has 106 valence electrons. The summed E-state index contributed by atoms with van der Waals surface area (Å²) < 4.78 is 0. The lowest BCUT2D eigenvalue weighted by molar-refractivity contribution is 0.282. The second-order valence-electron chi connectivity index (χ2n) is 5.50. The molecule has 0 bridgehead atoms. The van der Waals surface area contributed by atoms with Gasteiger partial charge < -0.3 is 10.0 Å². The molecular weight excluding hydrogens is 258 g/mol. The van der Waals surface area contributed by atoms with Crippen molar-refractivity contribution in [1.82, 2.24) is 0 Å². The van der Waals surface area contributed by atoms with E-state index in [2.05, 4.69) is 11.8 Å². The van der Waals surface area contributed by atoms with Crippen LogP contribution in [-0.4, -0.2) is 18.2 Å². The van der Waals surface area contributed by atoms with Crippen LogP contribution in [-0.2, 0) is 6.61 Å². The minimum atomic E-state index is 0.0847. The third kappa shape index (κ3) is 3.87. The molecule has 1 aliphatic rings. The maximum atomic E-state index is 9.48. The van der Waals surface area contributed by atoms with Gasteiger partial charge in [-0.1, -0.05) is 37.4 Å². The first-order chi connectivity index (χ1) is 9.24. The minimum absolute atomic E-state index is 0.0847. The van der Waals surface area contributed by atoms with Gasteiger partial charge in [0.15, 0.2) is 0 Å². The van der Waals surface area contributed by atoms with Crippen molar-refractivity contribution >= 4 is 17.3 Å². The van der Waals surface area contributed by atoms with Gasteiger partial charge in [-0.05, 0) is 37.3 Å². The van der Waals surface area contributed by atoms with Crippen molar-refractivity contribution in [3.63, 3.8) is 0 Å². The summed E-state index contributed by atoms with van der Waals surface area (Å²) in [7, 11) is 0. The number of anilines is 1. The van der Waals surface area contributed by atoms with Crippen LogP contribution >= 0.6 is 11.6 Å². The standard InChI is InChI=1S/C16H24ClNO/c1-2-4-13-5-3-9-18(10-8-13)16-11-15(17)7-6-14(16)12-19/h6-7,11,13,19H,2-5,8-10,12H2,1H3. The van der Waals surface area contributed by atoms with E-state index in [9.17, 15) is 5.11 Å². The molecule has 1 fully saturated rings. The molecule has 0 radical (unpaired) electrons. The Labute approximate surface area is 121 Å². The lowest BCUT2D eigenvalue weighted by atomic mass is 9.96. The number of benzene rings is 1. The fourth-order valence-electron chi connectivity index (χ4n) is 3.07. The second kappa shape index (κ2) is 7.16. The zero-order valence-electron chi connectivity index (χ0n) is 11.7. The third-order valence-corrected chi connectivity index (χ3v) is 4.34. The molecule has 1 saturated heterocycles. The lowest BCUT2D eigenvalue weighted by Gasteiger charge is -2.25. The zero-order valence-corrected chi connectivity index (χ0v) is 12.5. The highest BCUT2D eigenvalue weighted by Gasteiger charge is 2.18. The van der Waals surface area contributed by atoms with E-state index in [4.69, 9.17) is 11.6 Å². The average molecular weight is 282 g/mol. The molecule has 1 heterocycles. The van der Waals surface area contributed by atoms with Crippen LogP contribution in [0, 0.1) is 5.92 Å². The van der Waals surface area contributed by atoms with Crippen molar-refractivity contribution in [2.24, 2.45) is 5.92 Å². The molecule has 0 spiro atoms. The number of rotatable bonds is 4. The Morgan fingerprint density at radius 3 is 2.89 bits per heavy atom. The summed E-state index contributed by atoms with van der Waals surface area (Å²) in [6.07, 6.45) is 6.45. The molecular formula is C16H24ClNO. The minimum Gasteiger partial charge on any atom is -0.392 e. The highest BCUT2D eigenvalue weighted by atomic mass is 35.5. The summed E-state index contributed by atoms with van der Waals surface area (Å²) in [5.41, 5.74) is 2.10. The maximum absolute atomic E-state index is 9.48. The van der Waals surface area contributed by atoms with E-state index in [-0.39, 0.29) is 6.61 Å². The highest BCUT2D eigenvalue weighted by Crippen LogP contribution is 2.29. The van der Waals surface area contributed by atoms with Crippen LogP contribution < -0.4 is 4.90 Å². The average Bonchev–Trinajstić information content (AvgIpc) is 2.65.